The summed E-state index contributed by atoms with van der Waals surface area (Å²) in [5.41, 5.74) is 2.87. The molecular weight excluding hydrogens is 291 g/mol. The zero-order chi connectivity index (χ0) is 16.1. The standard InChI is InChI=1S/C19H19FN2O/c1-2-4-14-7-9-15(10-8-14)11-12-23-19-16-5-3-6-17(20)18(16)21-13-22-19/h3,5-10,13H,2,4,11-12H2,1H3. The molecular formula is C19H19FN2O. The van der Waals surface area contributed by atoms with Gasteiger partial charge >= 0.3 is 0 Å². The highest BCUT2D eigenvalue weighted by Gasteiger charge is 2.08. The number of aryl methyl sites for hydroxylation is 1. The second kappa shape index (κ2) is 7.18. The number of benzene rings is 2. The van der Waals surface area contributed by atoms with E-state index in [0.29, 0.717) is 23.4 Å². The molecule has 0 atom stereocenters. The summed E-state index contributed by atoms with van der Waals surface area (Å²) in [6.07, 6.45) is 4.38. The minimum absolute atomic E-state index is 0.293. The molecule has 0 saturated carbocycles. The van der Waals surface area contributed by atoms with Crippen LogP contribution >= 0.6 is 0 Å². The van der Waals surface area contributed by atoms with Gasteiger partial charge in [0.05, 0.1) is 12.0 Å². The molecule has 0 spiro atoms. The highest BCUT2D eigenvalue weighted by atomic mass is 19.1. The van der Waals surface area contributed by atoms with Crippen molar-refractivity contribution in [2.75, 3.05) is 6.61 Å². The zero-order valence-corrected chi connectivity index (χ0v) is 13.1. The SMILES string of the molecule is CCCc1ccc(CCOc2ncnc3c(F)cccc23)cc1. The molecule has 0 aliphatic rings. The molecule has 1 aromatic heterocycles. The summed E-state index contributed by atoms with van der Waals surface area (Å²) in [7, 11) is 0. The summed E-state index contributed by atoms with van der Waals surface area (Å²) < 4.78 is 19.4. The van der Waals surface area contributed by atoms with Gasteiger partial charge in [-0.3, -0.25) is 0 Å². The van der Waals surface area contributed by atoms with Gasteiger partial charge in [-0.05, 0) is 29.7 Å². The summed E-state index contributed by atoms with van der Waals surface area (Å²) in [6.45, 7) is 2.67. The van der Waals surface area contributed by atoms with Gasteiger partial charge in [-0.25, -0.2) is 14.4 Å². The third-order valence-electron chi connectivity index (χ3n) is 3.77. The predicted molar refractivity (Wildman–Crippen MR) is 89.1 cm³/mol. The van der Waals surface area contributed by atoms with Crippen molar-refractivity contribution in [2.24, 2.45) is 0 Å². The van der Waals surface area contributed by atoms with Gasteiger partial charge < -0.3 is 4.74 Å². The van der Waals surface area contributed by atoms with Gasteiger partial charge in [-0.1, -0.05) is 43.7 Å². The maximum atomic E-state index is 13.7. The maximum absolute atomic E-state index is 13.7. The Morgan fingerprint density at radius 2 is 1.70 bits per heavy atom. The highest BCUT2D eigenvalue weighted by Crippen LogP contribution is 2.23. The van der Waals surface area contributed by atoms with Crippen LogP contribution in [0, 0.1) is 5.82 Å². The first-order chi connectivity index (χ1) is 11.3. The van der Waals surface area contributed by atoms with Crippen molar-refractivity contribution in [3.63, 3.8) is 0 Å². The molecule has 3 rings (SSSR count). The van der Waals surface area contributed by atoms with Crippen LogP contribution in [-0.4, -0.2) is 16.6 Å². The zero-order valence-electron chi connectivity index (χ0n) is 13.1. The van der Waals surface area contributed by atoms with Crippen molar-refractivity contribution >= 4 is 10.9 Å². The number of fused-ring (bicyclic) bond motifs is 1. The molecule has 0 amide bonds. The van der Waals surface area contributed by atoms with E-state index >= 15 is 0 Å². The predicted octanol–water partition coefficient (Wildman–Crippen LogP) is 4.34. The number of para-hydroxylation sites is 1. The van der Waals surface area contributed by atoms with Gasteiger partial charge in [0, 0.05) is 6.42 Å². The molecule has 0 saturated heterocycles. The van der Waals surface area contributed by atoms with Crippen LogP contribution in [0.1, 0.15) is 24.5 Å². The van der Waals surface area contributed by atoms with Crippen LogP contribution in [0.5, 0.6) is 5.88 Å². The average molecular weight is 310 g/mol. The molecule has 0 aliphatic heterocycles. The highest BCUT2D eigenvalue weighted by molar-refractivity contribution is 5.83. The second-order valence-corrected chi connectivity index (χ2v) is 5.48. The second-order valence-electron chi connectivity index (χ2n) is 5.48. The van der Waals surface area contributed by atoms with E-state index in [1.807, 2.05) is 0 Å². The van der Waals surface area contributed by atoms with Gasteiger partial charge in [-0.2, -0.15) is 0 Å². The largest absolute Gasteiger partial charge is 0.477 e. The fraction of sp³-hybridized carbons (Fsp3) is 0.263. The lowest BCUT2D eigenvalue weighted by atomic mass is 10.1. The van der Waals surface area contributed by atoms with Crippen LogP contribution in [0.2, 0.25) is 0 Å². The molecule has 0 radical (unpaired) electrons. The monoisotopic (exact) mass is 310 g/mol. The number of ether oxygens (including phenoxy) is 1. The number of aromatic nitrogens is 2. The molecule has 2 aromatic carbocycles. The quantitative estimate of drug-likeness (QED) is 0.679. The van der Waals surface area contributed by atoms with Crippen molar-refractivity contribution < 1.29 is 9.13 Å². The van der Waals surface area contributed by atoms with Gasteiger partial charge in [-0.15, -0.1) is 0 Å². The Hall–Kier alpha value is -2.49. The molecule has 23 heavy (non-hydrogen) atoms. The van der Waals surface area contributed by atoms with Crippen molar-refractivity contribution in [3.8, 4) is 5.88 Å². The smallest absolute Gasteiger partial charge is 0.224 e. The van der Waals surface area contributed by atoms with Crippen molar-refractivity contribution in [3.05, 3.63) is 65.7 Å². The lowest BCUT2D eigenvalue weighted by molar-refractivity contribution is 0.313. The fourth-order valence-corrected chi connectivity index (χ4v) is 2.57. The first-order valence-corrected chi connectivity index (χ1v) is 7.87. The van der Waals surface area contributed by atoms with Crippen LogP contribution < -0.4 is 4.74 Å². The van der Waals surface area contributed by atoms with E-state index in [4.69, 9.17) is 4.74 Å². The van der Waals surface area contributed by atoms with Gasteiger partial charge in [0.25, 0.3) is 0 Å². The van der Waals surface area contributed by atoms with Crippen molar-refractivity contribution in [1.29, 1.82) is 0 Å². The summed E-state index contributed by atoms with van der Waals surface area (Å²) in [6, 6.07) is 13.4. The number of halogens is 1. The van der Waals surface area contributed by atoms with Gasteiger partial charge in [0.1, 0.15) is 17.7 Å². The van der Waals surface area contributed by atoms with E-state index in [1.165, 1.54) is 23.5 Å². The van der Waals surface area contributed by atoms with E-state index in [1.54, 1.807) is 12.1 Å². The first-order valence-electron chi connectivity index (χ1n) is 7.87. The van der Waals surface area contributed by atoms with Crippen LogP contribution in [-0.2, 0) is 12.8 Å². The van der Waals surface area contributed by atoms with E-state index < -0.39 is 0 Å². The Balaban J connectivity index is 1.66. The fourth-order valence-electron chi connectivity index (χ4n) is 2.57. The molecule has 3 nitrogen and oxygen atoms in total. The topological polar surface area (TPSA) is 35.0 Å². The molecule has 0 unspecified atom stereocenters. The van der Waals surface area contributed by atoms with Crippen LogP contribution in [0.15, 0.2) is 48.8 Å². The van der Waals surface area contributed by atoms with E-state index in [9.17, 15) is 4.39 Å². The maximum Gasteiger partial charge on any atom is 0.224 e. The summed E-state index contributed by atoms with van der Waals surface area (Å²) in [5.74, 6) is 0.0679. The molecule has 118 valence electrons. The van der Waals surface area contributed by atoms with Crippen LogP contribution in [0.4, 0.5) is 4.39 Å². The molecule has 3 aromatic rings. The molecule has 1 heterocycles. The number of hydrogen-bond acceptors (Lipinski definition) is 3. The van der Waals surface area contributed by atoms with Crippen LogP contribution in [0.25, 0.3) is 10.9 Å². The number of rotatable bonds is 6. The Morgan fingerprint density at radius 3 is 2.43 bits per heavy atom. The summed E-state index contributed by atoms with van der Waals surface area (Å²) >= 11 is 0. The normalized spacial score (nSPS) is 10.9. The van der Waals surface area contributed by atoms with Gasteiger partial charge in [0.2, 0.25) is 5.88 Å². The van der Waals surface area contributed by atoms with Crippen molar-refractivity contribution in [2.45, 2.75) is 26.2 Å². The van der Waals surface area contributed by atoms with E-state index in [0.717, 1.165) is 19.3 Å². The van der Waals surface area contributed by atoms with Gasteiger partial charge in [0.15, 0.2) is 0 Å². The molecule has 4 heteroatoms. The minimum Gasteiger partial charge on any atom is -0.477 e. The third-order valence-corrected chi connectivity index (χ3v) is 3.77. The number of hydrogen-bond donors (Lipinski definition) is 0. The van der Waals surface area contributed by atoms with Crippen LogP contribution in [0.3, 0.4) is 0 Å². The number of nitrogens with zero attached hydrogens (tertiary/aromatic N) is 2. The lowest BCUT2D eigenvalue weighted by Gasteiger charge is -2.08. The minimum atomic E-state index is -0.360. The summed E-state index contributed by atoms with van der Waals surface area (Å²) in [5, 5.41) is 0.603. The molecule has 0 fully saturated rings. The first kappa shape index (κ1) is 15.4. The van der Waals surface area contributed by atoms with Crippen molar-refractivity contribution in [1.82, 2.24) is 9.97 Å². The third kappa shape index (κ3) is 3.65. The Bertz CT molecular complexity index is 787. The van der Waals surface area contributed by atoms with E-state index in [-0.39, 0.29) is 5.82 Å². The molecule has 0 bridgehead atoms. The molecule has 0 N–H and O–H groups in total. The summed E-state index contributed by atoms with van der Waals surface area (Å²) in [4.78, 5) is 8.09. The Kier molecular flexibility index (Phi) is 4.81. The average Bonchev–Trinajstić information content (AvgIpc) is 2.58. The lowest BCUT2D eigenvalue weighted by Crippen LogP contribution is -2.04. The van der Waals surface area contributed by atoms with E-state index in [2.05, 4.69) is 41.2 Å². The Labute approximate surface area is 135 Å². The Morgan fingerprint density at radius 1 is 0.957 bits per heavy atom. The molecule has 0 aliphatic carbocycles.